The third-order valence-electron chi connectivity index (χ3n) is 2.92. The quantitative estimate of drug-likeness (QED) is 0.864. The van der Waals surface area contributed by atoms with Crippen LogP contribution >= 0.6 is 27.5 Å². The van der Waals surface area contributed by atoms with Crippen LogP contribution in [-0.4, -0.2) is 11.1 Å². The minimum Gasteiger partial charge on any atom is -0.481 e. The molecule has 16 heavy (non-hydrogen) atoms. The lowest BCUT2D eigenvalue weighted by Gasteiger charge is -2.16. The molecule has 5 heteroatoms. The molecule has 1 aromatic rings. The van der Waals surface area contributed by atoms with Crippen molar-refractivity contribution < 1.29 is 14.3 Å². The Kier molecular flexibility index (Phi) is 2.97. The second kappa shape index (κ2) is 4.00. The normalized spacial score (nSPS) is 17.2. The highest BCUT2D eigenvalue weighted by Crippen LogP contribution is 2.54. The number of carboxylic acids is 1. The first-order valence-corrected chi connectivity index (χ1v) is 5.99. The minimum atomic E-state index is -0.913. The molecule has 0 atom stereocenters. The highest BCUT2D eigenvalue weighted by atomic mass is 79.9. The summed E-state index contributed by atoms with van der Waals surface area (Å²) < 4.78 is 14.5. The van der Waals surface area contributed by atoms with E-state index in [1.165, 1.54) is 6.07 Å². The molecule has 1 aromatic carbocycles. The SMILES string of the molecule is O=C(O)CC1(c2c(Br)ccc(Cl)c2F)CC1. The van der Waals surface area contributed by atoms with Crippen molar-refractivity contribution in [1.82, 2.24) is 0 Å². The number of carboxylic acid groups (broad SMARTS) is 1. The third kappa shape index (κ3) is 1.96. The predicted octanol–water partition coefficient (Wildman–Crippen LogP) is 3.75. The molecule has 1 fully saturated rings. The number of hydrogen-bond acceptors (Lipinski definition) is 1. The molecular formula is C11H9BrClFO2. The van der Waals surface area contributed by atoms with Crippen LogP contribution in [0.3, 0.4) is 0 Å². The molecule has 0 heterocycles. The summed E-state index contributed by atoms with van der Waals surface area (Å²) in [5.74, 6) is -1.42. The second-order valence-electron chi connectivity index (χ2n) is 4.07. The number of rotatable bonds is 3. The van der Waals surface area contributed by atoms with Gasteiger partial charge < -0.3 is 5.11 Å². The van der Waals surface area contributed by atoms with Crippen LogP contribution in [0.5, 0.6) is 0 Å². The summed E-state index contributed by atoms with van der Waals surface area (Å²) in [7, 11) is 0. The van der Waals surface area contributed by atoms with Gasteiger partial charge >= 0.3 is 5.97 Å². The van der Waals surface area contributed by atoms with Crippen molar-refractivity contribution in [3.05, 3.63) is 33.0 Å². The average Bonchev–Trinajstić information content (AvgIpc) is 2.92. The summed E-state index contributed by atoms with van der Waals surface area (Å²) in [5.41, 5.74) is -0.165. The lowest BCUT2D eigenvalue weighted by Crippen LogP contribution is -2.15. The van der Waals surface area contributed by atoms with Crippen molar-refractivity contribution in [2.75, 3.05) is 0 Å². The Morgan fingerprint density at radius 3 is 2.69 bits per heavy atom. The summed E-state index contributed by atoms with van der Waals surface area (Å²) >= 11 is 8.97. The van der Waals surface area contributed by atoms with E-state index in [1.807, 2.05) is 0 Å². The van der Waals surface area contributed by atoms with Gasteiger partial charge in [-0.2, -0.15) is 0 Å². The number of carbonyl (C=O) groups is 1. The molecule has 2 nitrogen and oxygen atoms in total. The monoisotopic (exact) mass is 306 g/mol. The summed E-state index contributed by atoms with van der Waals surface area (Å²) in [6.07, 6.45) is 1.33. The van der Waals surface area contributed by atoms with Gasteiger partial charge in [-0.15, -0.1) is 0 Å². The molecule has 0 aromatic heterocycles. The zero-order valence-corrected chi connectivity index (χ0v) is 10.6. The Morgan fingerprint density at radius 2 is 2.19 bits per heavy atom. The van der Waals surface area contributed by atoms with Crippen LogP contribution in [0.1, 0.15) is 24.8 Å². The fourth-order valence-electron chi connectivity index (χ4n) is 1.97. The maximum atomic E-state index is 13.9. The van der Waals surface area contributed by atoms with Gasteiger partial charge in [-0.3, -0.25) is 4.79 Å². The predicted molar refractivity (Wildman–Crippen MR) is 62.3 cm³/mol. The van der Waals surface area contributed by atoms with Crippen LogP contribution in [-0.2, 0) is 10.2 Å². The third-order valence-corrected chi connectivity index (χ3v) is 3.87. The Morgan fingerprint density at radius 1 is 1.56 bits per heavy atom. The first-order chi connectivity index (χ1) is 7.46. The zero-order chi connectivity index (χ0) is 11.9. The van der Waals surface area contributed by atoms with Gasteiger partial charge in [0.15, 0.2) is 0 Å². The van der Waals surface area contributed by atoms with Crippen molar-refractivity contribution in [3.8, 4) is 0 Å². The van der Waals surface area contributed by atoms with Gasteiger partial charge in [0.1, 0.15) is 5.82 Å². The van der Waals surface area contributed by atoms with Gasteiger partial charge in [0, 0.05) is 15.5 Å². The van der Waals surface area contributed by atoms with Gasteiger partial charge in [0.2, 0.25) is 0 Å². The van der Waals surface area contributed by atoms with E-state index >= 15 is 0 Å². The van der Waals surface area contributed by atoms with E-state index in [0.717, 1.165) is 0 Å². The van der Waals surface area contributed by atoms with E-state index in [4.69, 9.17) is 16.7 Å². The van der Waals surface area contributed by atoms with E-state index in [0.29, 0.717) is 22.9 Å². The molecule has 2 rings (SSSR count). The summed E-state index contributed by atoms with van der Waals surface area (Å²) in [6.45, 7) is 0. The molecule has 0 aliphatic heterocycles. The molecular weight excluding hydrogens is 298 g/mol. The number of benzene rings is 1. The molecule has 1 N–H and O–H groups in total. The number of halogens is 3. The molecule has 1 saturated carbocycles. The standard InChI is InChI=1S/C11H9BrClFO2/c12-6-1-2-7(13)10(14)9(6)11(3-4-11)5-8(15)16/h1-2H,3-5H2,(H,15,16). The zero-order valence-electron chi connectivity index (χ0n) is 8.27. The Bertz CT molecular complexity index is 458. The molecule has 0 radical (unpaired) electrons. The van der Waals surface area contributed by atoms with Gasteiger partial charge in [-0.05, 0) is 25.0 Å². The maximum Gasteiger partial charge on any atom is 0.304 e. The molecule has 1 aliphatic carbocycles. The minimum absolute atomic E-state index is 0.0369. The van der Waals surface area contributed by atoms with Gasteiger partial charge in [0.05, 0.1) is 11.4 Å². The van der Waals surface area contributed by atoms with Gasteiger partial charge in [0.25, 0.3) is 0 Å². The van der Waals surface area contributed by atoms with E-state index < -0.39 is 17.2 Å². The number of hydrogen-bond donors (Lipinski definition) is 1. The fourth-order valence-corrected chi connectivity index (χ4v) is 2.85. The van der Waals surface area contributed by atoms with Crippen LogP contribution in [0.4, 0.5) is 4.39 Å². The highest BCUT2D eigenvalue weighted by Gasteiger charge is 2.49. The van der Waals surface area contributed by atoms with E-state index in [2.05, 4.69) is 15.9 Å². The topological polar surface area (TPSA) is 37.3 Å². The number of aliphatic carboxylic acids is 1. The largest absolute Gasteiger partial charge is 0.481 e. The summed E-state index contributed by atoms with van der Waals surface area (Å²) in [5, 5.41) is 8.87. The molecule has 0 bridgehead atoms. The van der Waals surface area contributed by atoms with Crippen molar-refractivity contribution >= 4 is 33.5 Å². The van der Waals surface area contributed by atoms with Crippen molar-refractivity contribution in [2.24, 2.45) is 0 Å². The maximum absolute atomic E-state index is 13.9. The summed E-state index contributed by atoms with van der Waals surface area (Å²) in [6, 6.07) is 3.12. The van der Waals surface area contributed by atoms with E-state index in [1.54, 1.807) is 6.07 Å². The Hall–Kier alpha value is -0.610. The fraction of sp³-hybridized carbons (Fsp3) is 0.364. The van der Waals surface area contributed by atoms with Crippen LogP contribution < -0.4 is 0 Å². The Balaban J connectivity index is 2.48. The van der Waals surface area contributed by atoms with Crippen LogP contribution in [0.25, 0.3) is 0 Å². The van der Waals surface area contributed by atoms with Crippen molar-refractivity contribution in [2.45, 2.75) is 24.7 Å². The van der Waals surface area contributed by atoms with E-state index in [-0.39, 0.29) is 11.4 Å². The van der Waals surface area contributed by atoms with E-state index in [9.17, 15) is 9.18 Å². The lowest BCUT2D eigenvalue weighted by molar-refractivity contribution is -0.137. The first kappa shape index (κ1) is 11.9. The summed E-state index contributed by atoms with van der Waals surface area (Å²) in [4.78, 5) is 10.8. The first-order valence-electron chi connectivity index (χ1n) is 4.82. The molecule has 0 unspecified atom stereocenters. The highest BCUT2D eigenvalue weighted by molar-refractivity contribution is 9.10. The molecule has 0 saturated heterocycles. The average molecular weight is 308 g/mol. The lowest BCUT2D eigenvalue weighted by atomic mass is 9.92. The van der Waals surface area contributed by atoms with Crippen molar-refractivity contribution in [1.29, 1.82) is 0 Å². The van der Waals surface area contributed by atoms with Crippen LogP contribution in [0.15, 0.2) is 16.6 Å². The van der Waals surface area contributed by atoms with Gasteiger partial charge in [-0.1, -0.05) is 27.5 Å². The van der Waals surface area contributed by atoms with Gasteiger partial charge in [-0.25, -0.2) is 4.39 Å². The van der Waals surface area contributed by atoms with Crippen LogP contribution in [0.2, 0.25) is 5.02 Å². The molecule has 86 valence electrons. The molecule has 1 aliphatic rings. The smallest absolute Gasteiger partial charge is 0.304 e. The Labute approximate surface area is 106 Å². The molecule has 0 spiro atoms. The molecule has 0 amide bonds. The van der Waals surface area contributed by atoms with Crippen molar-refractivity contribution in [3.63, 3.8) is 0 Å². The second-order valence-corrected chi connectivity index (χ2v) is 5.33. The van der Waals surface area contributed by atoms with Crippen LogP contribution in [0, 0.1) is 5.82 Å².